The van der Waals surface area contributed by atoms with Gasteiger partial charge in [-0.3, -0.25) is 9.59 Å². The van der Waals surface area contributed by atoms with Gasteiger partial charge in [0.2, 0.25) is 10.0 Å². The van der Waals surface area contributed by atoms with Crippen LogP contribution in [0, 0.1) is 13.8 Å². The number of benzene rings is 1. The molecule has 4 rings (SSSR count). The van der Waals surface area contributed by atoms with Crippen molar-refractivity contribution in [3.63, 3.8) is 0 Å². The van der Waals surface area contributed by atoms with Crippen LogP contribution in [0.3, 0.4) is 0 Å². The van der Waals surface area contributed by atoms with E-state index in [2.05, 4.69) is 0 Å². The molecule has 1 fully saturated rings. The second-order valence-corrected chi connectivity index (χ2v) is 9.81. The van der Waals surface area contributed by atoms with E-state index in [1.165, 1.54) is 14.9 Å². The molecule has 168 valence electrons. The van der Waals surface area contributed by atoms with Crippen molar-refractivity contribution in [2.24, 2.45) is 0 Å². The number of hydrogen-bond acceptors (Lipinski definition) is 5. The zero-order chi connectivity index (χ0) is 22.9. The molecule has 0 radical (unpaired) electrons. The van der Waals surface area contributed by atoms with Crippen LogP contribution in [0.25, 0.3) is 0 Å². The van der Waals surface area contributed by atoms with Gasteiger partial charge in [-0.2, -0.15) is 4.31 Å². The maximum Gasteiger partial charge on any atom is 0.289 e. The normalized spacial score (nSPS) is 15.1. The number of rotatable bonds is 5. The number of nitrogens with zero attached hydrogens (tertiary/aromatic N) is 3. The summed E-state index contributed by atoms with van der Waals surface area (Å²) in [7, 11) is -3.61. The van der Waals surface area contributed by atoms with Gasteiger partial charge in [0.05, 0.1) is 11.4 Å². The molecule has 9 heteroatoms. The van der Waals surface area contributed by atoms with Crippen LogP contribution >= 0.6 is 0 Å². The fourth-order valence-electron chi connectivity index (χ4n) is 3.65. The molecule has 0 aliphatic carbocycles. The van der Waals surface area contributed by atoms with Crippen LogP contribution in [-0.4, -0.2) is 54.3 Å². The van der Waals surface area contributed by atoms with Gasteiger partial charge in [-0.15, -0.1) is 0 Å². The molecule has 3 aromatic rings. The van der Waals surface area contributed by atoms with Crippen LogP contribution in [-0.2, 0) is 16.6 Å². The predicted molar refractivity (Wildman–Crippen MR) is 119 cm³/mol. The molecule has 0 N–H and O–H groups in total. The van der Waals surface area contributed by atoms with Crippen molar-refractivity contribution in [2.45, 2.75) is 25.3 Å². The first kappa shape index (κ1) is 22.0. The molecule has 1 amide bonds. The van der Waals surface area contributed by atoms with Crippen LogP contribution in [0.4, 0.5) is 0 Å². The maximum absolute atomic E-state index is 13.0. The second-order valence-electron chi connectivity index (χ2n) is 7.88. The first-order valence-corrected chi connectivity index (χ1v) is 11.8. The number of hydrogen-bond donors (Lipinski definition) is 0. The molecule has 2 aromatic heterocycles. The number of aromatic nitrogens is 1. The third-order valence-electron chi connectivity index (χ3n) is 5.74. The first-order valence-electron chi connectivity index (χ1n) is 10.4. The van der Waals surface area contributed by atoms with Crippen LogP contribution in [0.1, 0.15) is 27.4 Å². The zero-order valence-electron chi connectivity index (χ0n) is 18.0. The molecule has 0 atom stereocenters. The summed E-state index contributed by atoms with van der Waals surface area (Å²) in [5.41, 5.74) is 1.80. The molecule has 0 spiro atoms. The highest BCUT2D eigenvalue weighted by molar-refractivity contribution is 7.89. The van der Waals surface area contributed by atoms with Crippen molar-refractivity contribution in [3.05, 3.63) is 87.7 Å². The van der Waals surface area contributed by atoms with Gasteiger partial charge < -0.3 is 13.9 Å². The lowest BCUT2D eigenvalue weighted by molar-refractivity contribution is 0.0664. The van der Waals surface area contributed by atoms with Gasteiger partial charge in [-0.1, -0.05) is 12.1 Å². The lowest BCUT2D eigenvalue weighted by Gasteiger charge is -2.33. The Morgan fingerprint density at radius 1 is 0.969 bits per heavy atom. The third kappa shape index (κ3) is 4.39. The van der Waals surface area contributed by atoms with E-state index in [4.69, 9.17) is 4.42 Å². The van der Waals surface area contributed by atoms with Gasteiger partial charge in [0.15, 0.2) is 5.76 Å². The first-order chi connectivity index (χ1) is 15.3. The van der Waals surface area contributed by atoms with E-state index in [-0.39, 0.29) is 54.8 Å². The van der Waals surface area contributed by atoms with Gasteiger partial charge in [0, 0.05) is 38.4 Å². The van der Waals surface area contributed by atoms with Crippen molar-refractivity contribution in [2.75, 3.05) is 26.2 Å². The average Bonchev–Trinajstić information content (AvgIpc) is 3.25. The lowest BCUT2D eigenvalue weighted by Crippen LogP contribution is -2.50. The van der Waals surface area contributed by atoms with E-state index >= 15 is 0 Å². The number of sulfonamides is 1. The Morgan fingerprint density at radius 2 is 1.72 bits per heavy atom. The minimum Gasteiger partial charge on any atom is -0.454 e. The molecule has 0 unspecified atom stereocenters. The smallest absolute Gasteiger partial charge is 0.289 e. The second kappa shape index (κ2) is 8.76. The summed E-state index contributed by atoms with van der Waals surface area (Å²) in [6.45, 7) is 5.04. The minimum atomic E-state index is -3.61. The summed E-state index contributed by atoms with van der Waals surface area (Å²) in [5, 5.41) is 0. The zero-order valence-corrected chi connectivity index (χ0v) is 18.8. The topological polar surface area (TPSA) is 92.8 Å². The Labute approximate surface area is 186 Å². The number of furan rings is 1. The summed E-state index contributed by atoms with van der Waals surface area (Å²) in [5.74, 6) is 0.381. The number of carbonyl (C=O) groups is 1. The van der Waals surface area contributed by atoms with E-state index in [0.29, 0.717) is 5.76 Å². The average molecular weight is 456 g/mol. The fourth-order valence-corrected chi connectivity index (χ4v) is 5.16. The summed E-state index contributed by atoms with van der Waals surface area (Å²) >= 11 is 0. The van der Waals surface area contributed by atoms with E-state index in [9.17, 15) is 18.0 Å². The Bertz CT molecular complexity index is 1300. The van der Waals surface area contributed by atoms with E-state index in [1.807, 2.05) is 13.8 Å². The van der Waals surface area contributed by atoms with Crippen molar-refractivity contribution >= 4 is 15.9 Å². The van der Waals surface area contributed by atoms with Gasteiger partial charge in [-0.05, 0) is 55.3 Å². The Kier molecular flexibility index (Phi) is 6.03. The van der Waals surface area contributed by atoms with Gasteiger partial charge in [0.25, 0.3) is 11.5 Å². The lowest BCUT2D eigenvalue weighted by atomic mass is 10.1. The van der Waals surface area contributed by atoms with E-state index < -0.39 is 10.0 Å². The highest BCUT2D eigenvalue weighted by Crippen LogP contribution is 2.21. The molecule has 1 aromatic carbocycles. The van der Waals surface area contributed by atoms with Crippen LogP contribution < -0.4 is 5.56 Å². The van der Waals surface area contributed by atoms with E-state index in [1.54, 1.807) is 53.6 Å². The number of amides is 1. The standard InChI is InChI=1S/C23H25N3O5S/c1-17-6-8-20(15-18(17)2)32(29,30)26-13-11-24(12-14-26)23(28)21-9-7-19(31-21)16-25-10-4-3-5-22(25)27/h3-10,15H,11-14,16H2,1-2H3. The van der Waals surface area contributed by atoms with Gasteiger partial charge in [0.1, 0.15) is 5.76 Å². The molecular weight excluding hydrogens is 430 g/mol. The fraction of sp³-hybridized carbons (Fsp3) is 0.304. The van der Waals surface area contributed by atoms with E-state index in [0.717, 1.165) is 11.1 Å². The molecule has 3 heterocycles. The molecule has 8 nitrogen and oxygen atoms in total. The highest BCUT2D eigenvalue weighted by Gasteiger charge is 2.31. The predicted octanol–water partition coefficient (Wildman–Crippen LogP) is 2.25. The largest absolute Gasteiger partial charge is 0.454 e. The molecule has 1 aliphatic rings. The molecule has 32 heavy (non-hydrogen) atoms. The quantitative estimate of drug-likeness (QED) is 0.588. The van der Waals surface area contributed by atoms with Crippen molar-refractivity contribution in [1.82, 2.24) is 13.8 Å². The molecule has 0 saturated carbocycles. The molecule has 1 saturated heterocycles. The van der Waals surface area contributed by atoms with Crippen molar-refractivity contribution in [1.29, 1.82) is 0 Å². The number of carbonyl (C=O) groups excluding carboxylic acids is 1. The number of aryl methyl sites for hydroxylation is 2. The van der Waals surface area contributed by atoms with Crippen molar-refractivity contribution in [3.8, 4) is 0 Å². The van der Waals surface area contributed by atoms with Crippen LogP contribution in [0.2, 0.25) is 0 Å². The molecule has 1 aliphatic heterocycles. The Hall–Kier alpha value is -3.17. The van der Waals surface area contributed by atoms with Gasteiger partial charge >= 0.3 is 0 Å². The maximum atomic E-state index is 13.0. The summed E-state index contributed by atoms with van der Waals surface area (Å²) in [6.07, 6.45) is 1.65. The summed E-state index contributed by atoms with van der Waals surface area (Å²) in [6, 6.07) is 13.2. The highest BCUT2D eigenvalue weighted by atomic mass is 32.2. The summed E-state index contributed by atoms with van der Waals surface area (Å²) < 4.78 is 34.5. The molecule has 0 bridgehead atoms. The minimum absolute atomic E-state index is 0.155. The third-order valence-corrected chi connectivity index (χ3v) is 7.63. The summed E-state index contributed by atoms with van der Waals surface area (Å²) in [4.78, 5) is 26.5. The van der Waals surface area contributed by atoms with Crippen LogP contribution in [0.15, 0.2) is 68.8 Å². The monoisotopic (exact) mass is 455 g/mol. The number of piperazine rings is 1. The SMILES string of the molecule is Cc1ccc(S(=O)(=O)N2CCN(C(=O)c3ccc(Cn4ccccc4=O)o3)CC2)cc1C. The number of pyridine rings is 1. The molecular formula is C23H25N3O5S. The Balaban J connectivity index is 1.40. The Morgan fingerprint density at radius 3 is 2.41 bits per heavy atom. The van der Waals surface area contributed by atoms with Crippen LogP contribution in [0.5, 0.6) is 0 Å². The van der Waals surface area contributed by atoms with Crippen molar-refractivity contribution < 1.29 is 17.6 Å². The van der Waals surface area contributed by atoms with Gasteiger partial charge in [-0.25, -0.2) is 8.42 Å².